The molecule has 0 radical (unpaired) electrons. The SMILES string of the molecule is C/C=C(/C)C(=O)O[C@H]1C(C)=C2[C@H]([C@@H]1OC(=O)CCCCCCC)[C@@](C)(OC(C)=O)C[C@H](OC(=O)CCC)[C@@]1(O)[C@H]2OC(=O)[C@@]1(C)O.COC1=C2C[C@@H](C)C[C@H](OC)[C@H](O)[C@@H](C)/C=C(\C)[C@H](OC(N)=O)[C@@H](OC)/C=C\C=C(/C)C(=O)NC(=CC1=O)C2=O.OC[C@@H](O)[C@@H](O)[C@H](O)[C@H](O)CO. The summed E-state index contributed by atoms with van der Waals surface area (Å²) in [4.78, 5) is 116. The van der Waals surface area contributed by atoms with E-state index in [4.69, 9.17) is 79.0 Å². The second kappa shape index (κ2) is 38.5. The Bertz CT molecular complexity index is 3040. The lowest BCUT2D eigenvalue weighted by Gasteiger charge is -2.41. The summed E-state index contributed by atoms with van der Waals surface area (Å²) in [7, 11) is 4.21. The number of nitrogens with one attached hydrogen (secondary N) is 1. The minimum Gasteiger partial charge on any atom is -0.492 e. The van der Waals surface area contributed by atoms with Crippen LogP contribution < -0.4 is 11.1 Å². The number of unbranched alkanes of at least 4 members (excludes halogenated alkanes) is 4. The Morgan fingerprint density at radius 1 is 0.816 bits per heavy atom. The summed E-state index contributed by atoms with van der Waals surface area (Å²) in [6.07, 6.45) is -2.51. The molecule has 5 aliphatic rings. The number of esters is 5. The standard InChI is InChI=1S/C34H50O12.C29H40N2O9.C6H14O6/c1-9-12-13-14-15-17-24(37)43-28-26-25(20(5)27(28)44-30(38)19(4)11-3)29-34(41,33(8,40)31(39)45-29)22(42-23(36)16-10-2)18-32(26,7)46-21(6)35;1-15-11-19-25(34)20(14-21(32)27(19)39-7)31-28(35)16(2)9-8-10-22(37-5)26(40-29(30)36)18(4)13-17(3)24(33)23(12-15)38-6;7-1-3(9)5(11)6(12)4(10)2-8/h11,22,26-29,40-41H,9-10,12-18H2,1-8H3;8-10,13-15,17,22-24,26,33H,11-12H2,1-7H3,(H2,30,36)(H,31,35);3-12H,1-2H2/b19-11-;10-8-,16-9+,18-13+;/t22-,26+,27-,28-,29-,32-,33+,34+;15-,17+,22+,23+,24-,26+;3-,4-,5-,6-/m011/s1. The van der Waals surface area contributed by atoms with Gasteiger partial charge in [-0.3, -0.25) is 28.8 Å². The molecule has 98 heavy (non-hydrogen) atoms. The predicted octanol–water partition coefficient (Wildman–Crippen LogP) is 2.75. The van der Waals surface area contributed by atoms with Gasteiger partial charge in [0.25, 0.3) is 5.91 Å². The third-order valence-electron chi connectivity index (χ3n) is 18.0. The number of allylic oxidation sites excluding steroid dienone is 5. The molecule has 2 amide bonds. The van der Waals surface area contributed by atoms with Crippen LogP contribution in [0.2, 0.25) is 0 Å². The number of Topliss-reactive ketones (excluding diaryl/α,β-unsaturated/α-hetero) is 1. The van der Waals surface area contributed by atoms with Gasteiger partial charge in [0, 0.05) is 69.1 Å². The van der Waals surface area contributed by atoms with Crippen LogP contribution >= 0.6 is 0 Å². The summed E-state index contributed by atoms with van der Waals surface area (Å²) in [6.45, 7) is 17.9. The van der Waals surface area contributed by atoms with E-state index in [2.05, 4.69) is 12.2 Å². The Balaban J connectivity index is 0.000000439. The first-order chi connectivity index (χ1) is 45.9. The Kier molecular flexibility index (Phi) is 33.5. The molecule has 0 aromatic carbocycles. The lowest BCUT2D eigenvalue weighted by Crippen LogP contribution is -2.64. The van der Waals surface area contributed by atoms with Crippen molar-refractivity contribution in [2.75, 3.05) is 34.5 Å². The summed E-state index contributed by atoms with van der Waals surface area (Å²) in [5.41, 5.74) is 0.00647. The van der Waals surface area contributed by atoms with Gasteiger partial charge in [-0.1, -0.05) is 83.8 Å². The number of hydrogen-bond donors (Lipinski definition) is 11. The zero-order valence-corrected chi connectivity index (χ0v) is 58.8. The maximum Gasteiger partial charge on any atom is 0.405 e. The molecule has 2 heterocycles. The monoisotopic (exact) mass is 1390 g/mol. The van der Waals surface area contributed by atoms with Crippen molar-refractivity contribution in [3.05, 3.63) is 81.4 Å². The van der Waals surface area contributed by atoms with Crippen LogP contribution in [-0.4, -0.2) is 224 Å². The number of methoxy groups -OCH3 is 3. The van der Waals surface area contributed by atoms with Crippen LogP contribution in [0, 0.1) is 17.8 Å². The number of rotatable bonds is 22. The number of hydrogen-bond acceptors (Lipinski definition) is 27. The van der Waals surface area contributed by atoms with Gasteiger partial charge < -0.3 is 99.6 Å². The number of carbonyl (C=O) groups is 9. The quantitative estimate of drug-likeness (QED) is 0.0185. The van der Waals surface area contributed by atoms with Gasteiger partial charge in [-0.05, 0) is 96.8 Å². The molecule has 18 atom stereocenters. The van der Waals surface area contributed by atoms with Gasteiger partial charge in [0.1, 0.15) is 42.2 Å². The summed E-state index contributed by atoms with van der Waals surface area (Å²) in [6, 6.07) is 0. The molecule has 29 heteroatoms. The van der Waals surface area contributed by atoms with Crippen LogP contribution in [0.3, 0.4) is 0 Å². The van der Waals surface area contributed by atoms with Crippen LogP contribution in [0.5, 0.6) is 0 Å². The average Bonchev–Trinajstić information content (AvgIpc) is 1.53. The van der Waals surface area contributed by atoms with E-state index in [1.807, 2.05) is 6.92 Å². The predicted molar refractivity (Wildman–Crippen MR) is 349 cm³/mol. The minimum absolute atomic E-state index is 0.0234. The summed E-state index contributed by atoms with van der Waals surface area (Å²) in [5.74, 6) is -7.41. The fourth-order valence-electron chi connectivity index (χ4n) is 12.4. The highest BCUT2D eigenvalue weighted by Crippen LogP contribution is 2.58. The molecule has 0 spiro atoms. The van der Waals surface area contributed by atoms with Crippen LogP contribution in [0.15, 0.2) is 81.4 Å². The number of aliphatic hydroxyl groups excluding tert-OH is 7. The summed E-state index contributed by atoms with van der Waals surface area (Å²) in [5, 5.41) is 89.7. The van der Waals surface area contributed by atoms with Gasteiger partial charge >= 0.3 is 35.9 Å². The van der Waals surface area contributed by atoms with Gasteiger partial charge in [0.2, 0.25) is 11.6 Å². The third kappa shape index (κ3) is 21.3. The minimum atomic E-state index is -2.57. The Labute approximate surface area is 571 Å². The highest BCUT2D eigenvalue weighted by atomic mass is 16.6. The van der Waals surface area contributed by atoms with Crippen molar-refractivity contribution in [2.45, 2.75) is 244 Å². The maximum absolute atomic E-state index is 13.3. The van der Waals surface area contributed by atoms with Crippen molar-refractivity contribution in [2.24, 2.45) is 23.5 Å². The number of aliphatic hydroxyl groups is 9. The van der Waals surface area contributed by atoms with Gasteiger partial charge in [-0.25, -0.2) is 14.4 Å². The molecule has 0 aromatic heterocycles. The Morgan fingerprint density at radius 3 is 1.95 bits per heavy atom. The molecule has 2 bridgehead atoms. The normalized spacial score (nSPS) is 31.9. The first-order valence-electron chi connectivity index (χ1n) is 32.7. The van der Waals surface area contributed by atoms with Gasteiger partial charge in [0.15, 0.2) is 41.4 Å². The molecule has 1 saturated heterocycles. The molecule has 29 nitrogen and oxygen atoms in total. The smallest absolute Gasteiger partial charge is 0.405 e. The first-order valence-corrected chi connectivity index (χ1v) is 32.7. The van der Waals surface area contributed by atoms with E-state index in [9.17, 15) is 58.5 Å². The zero-order chi connectivity index (χ0) is 74.5. The molecule has 1 saturated carbocycles. The highest BCUT2D eigenvalue weighted by molar-refractivity contribution is 6.23. The topological polar surface area (TPSA) is 457 Å². The van der Waals surface area contributed by atoms with Crippen LogP contribution in [0.4, 0.5) is 4.79 Å². The van der Waals surface area contributed by atoms with E-state index in [0.29, 0.717) is 24.8 Å². The zero-order valence-electron chi connectivity index (χ0n) is 58.8. The Morgan fingerprint density at radius 2 is 1.42 bits per heavy atom. The fourth-order valence-corrected chi connectivity index (χ4v) is 12.4. The Hall–Kier alpha value is -7.03. The highest BCUT2D eigenvalue weighted by Gasteiger charge is 2.76. The van der Waals surface area contributed by atoms with Crippen LogP contribution in [0.1, 0.15) is 154 Å². The largest absolute Gasteiger partial charge is 0.492 e. The number of ketones is 2. The van der Waals surface area contributed by atoms with E-state index in [1.54, 1.807) is 65.8 Å². The van der Waals surface area contributed by atoms with E-state index >= 15 is 0 Å². The molecular weight excluding hydrogens is 1290 g/mol. The second-order valence-electron chi connectivity index (χ2n) is 25.6. The van der Waals surface area contributed by atoms with Gasteiger partial charge in [-0.15, -0.1) is 0 Å². The molecular formula is C69H104N2O27. The van der Waals surface area contributed by atoms with Crippen molar-refractivity contribution < 1.29 is 132 Å². The van der Waals surface area contributed by atoms with Crippen molar-refractivity contribution in [3.8, 4) is 0 Å². The van der Waals surface area contributed by atoms with E-state index in [1.165, 1.54) is 48.2 Å². The van der Waals surface area contributed by atoms with Gasteiger partial charge in [0.05, 0.1) is 44.1 Å². The summed E-state index contributed by atoms with van der Waals surface area (Å²) >= 11 is 0. The molecule has 552 valence electrons. The molecule has 0 unspecified atom stereocenters. The number of nitrogens with two attached hydrogens (primary N) is 1. The number of ether oxygens (including phenoxy) is 9. The first kappa shape index (κ1) is 85.2. The van der Waals surface area contributed by atoms with Crippen molar-refractivity contribution in [1.82, 2.24) is 5.32 Å². The van der Waals surface area contributed by atoms with Crippen LogP contribution in [-0.2, 0) is 81.0 Å². The molecule has 0 aromatic rings. The van der Waals surface area contributed by atoms with Crippen LogP contribution in [0.25, 0.3) is 0 Å². The lowest BCUT2D eigenvalue weighted by atomic mass is 9.75. The number of fused-ring (bicyclic) bond motifs is 5. The van der Waals surface area contributed by atoms with E-state index in [0.717, 1.165) is 38.7 Å². The summed E-state index contributed by atoms with van der Waals surface area (Å²) < 4.78 is 51.0. The number of primary amides is 1. The van der Waals surface area contributed by atoms with Crippen molar-refractivity contribution in [3.63, 3.8) is 0 Å². The molecule has 2 fully saturated rings. The van der Waals surface area contributed by atoms with Crippen molar-refractivity contribution in [1.29, 1.82) is 0 Å². The number of amides is 2. The third-order valence-corrected chi connectivity index (χ3v) is 18.0. The lowest BCUT2D eigenvalue weighted by molar-refractivity contribution is -0.212. The average molecular weight is 1390 g/mol. The molecule has 2 aliphatic heterocycles. The number of carbonyl (C=O) groups excluding carboxylic acids is 9. The van der Waals surface area contributed by atoms with Crippen molar-refractivity contribution >= 4 is 53.4 Å². The van der Waals surface area contributed by atoms with E-state index in [-0.39, 0.29) is 64.5 Å². The fraction of sp³-hybridized carbons (Fsp3) is 0.667. The van der Waals surface area contributed by atoms with Gasteiger partial charge in [-0.2, -0.15) is 0 Å². The molecule has 5 rings (SSSR count). The molecule has 3 aliphatic carbocycles. The van der Waals surface area contributed by atoms with E-state index < -0.39 is 175 Å². The second-order valence-corrected chi connectivity index (χ2v) is 25.6. The molecule has 12 N–H and O–H groups in total. The maximum atomic E-state index is 13.3.